The molecule has 0 aliphatic heterocycles. The van der Waals surface area contributed by atoms with Crippen LogP contribution >= 0.6 is 12.4 Å². The molecule has 0 radical (unpaired) electrons. The maximum atomic E-state index is 8.12. The fourth-order valence-corrected chi connectivity index (χ4v) is 1.81. The molecule has 1 aliphatic carbocycles. The van der Waals surface area contributed by atoms with E-state index >= 15 is 0 Å². The van der Waals surface area contributed by atoms with Crippen molar-refractivity contribution in [3.8, 4) is 0 Å². The lowest BCUT2D eigenvalue weighted by Gasteiger charge is -2.28. The molecule has 1 unspecified atom stereocenters. The maximum absolute atomic E-state index is 8.12. The molecule has 1 atom stereocenters. The standard InChI is InChI=1S/C9H19N.CO2.ClH/c1-7-3-5-9(6-4-7)8(2)10;2-1-3;/h7-9H,3-6,10H2,1-2H3;;1H. The molecule has 3 nitrogen and oxygen atoms in total. The Labute approximate surface area is 91.8 Å². The largest absolute Gasteiger partial charge is 0.373 e. The molecule has 1 rings (SSSR count). The molecule has 0 aromatic heterocycles. The fourth-order valence-electron chi connectivity index (χ4n) is 1.81. The van der Waals surface area contributed by atoms with E-state index in [9.17, 15) is 0 Å². The van der Waals surface area contributed by atoms with Gasteiger partial charge in [-0.3, -0.25) is 0 Å². The molecule has 14 heavy (non-hydrogen) atoms. The molecule has 0 heterocycles. The molecule has 1 aliphatic rings. The first-order valence-corrected chi connectivity index (χ1v) is 4.86. The Morgan fingerprint density at radius 2 is 1.57 bits per heavy atom. The highest BCUT2D eigenvalue weighted by Gasteiger charge is 2.20. The predicted octanol–water partition coefficient (Wildman–Crippen LogP) is 2.00. The monoisotopic (exact) mass is 221 g/mol. The Kier molecular flexibility index (Phi) is 10.6. The third kappa shape index (κ3) is 7.07. The molecular weight excluding hydrogens is 202 g/mol. The molecular formula is C10H20ClNO2. The van der Waals surface area contributed by atoms with E-state index in [0.717, 1.165) is 11.8 Å². The summed E-state index contributed by atoms with van der Waals surface area (Å²) in [5.74, 6) is 1.77. The second-order valence-corrected chi connectivity index (χ2v) is 3.96. The first kappa shape index (κ1) is 16.1. The van der Waals surface area contributed by atoms with Crippen molar-refractivity contribution >= 4 is 18.6 Å². The number of rotatable bonds is 1. The van der Waals surface area contributed by atoms with E-state index in [-0.39, 0.29) is 18.6 Å². The van der Waals surface area contributed by atoms with Crippen molar-refractivity contribution in [2.24, 2.45) is 17.6 Å². The van der Waals surface area contributed by atoms with E-state index < -0.39 is 0 Å². The summed E-state index contributed by atoms with van der Waals surface area (Å²) in [5.41, 5.74) is 5.81. The Morgan fingerprint density at radius 1 is 1.21 bits per heavy atom. The summed E-state index contributed by atoms with van der Waals surface area (Å²) in [6.07, 6.45) is 5.76. The number of carbonyl (C=O) groups excluding carboxylic acids is 2. The van der Waals surface area contributed by atoms with Gasteiger partial charge in [0.1, 0.15) is 0 Å². The SMILES string of the molecule is CC1CCC(C(C)N)CC1.Cl.O=C=O. The van der Waals surface area contributed by atoms with Crippen LogP contribution in [0.25, 0.3) is 0 Å². The molecule has 1 fully saturated rings. The predicted molar refractivity (Wildman–Crippen MR) is 57.0 cm³/mol. The maximum Gasteiger partial charge on any atom is 0.373 e. The molecule has 0 saturated heterocycles. The lowest BCUT2D eigenvalue weighted by Crippen LogP contribution is -2.29. The average molecular weight is 222 g/mol. The highest BCUT2D eigenvalue weighted by molar-refractivity contribution is 5.85. The molecule has 0 aromatic rings. The summed E-state index contributed by atoms with van der Waals surface area (Å²) in [6.45, 7) is 4.48. The normalized spacial score (nSPS) is 27.4. The first-order chi connectivity index (χ1) is 6.11. The zero-order valence-corrected chi connectivity index (χ0v) is 9.68. The van der Waals surface area contributed by atoms with Gasteiger partial charge in [0.15, 0.2) is 0 Å². The minimum atomic E-state index is 0. The van der Waals surface area contributed by atoms with E-state index in [1.54, 1.807) is 0 Å². The van der Waals surface area contributed by atoms with Gasteiger partial charge in [-0.05, 0) is 31.6 Å². The zero-order valence-electron chi connectivity index (χ0n) is 8.86. The number of halogens is 1. The van der Waals surface area contributed by atoms with Crippen molar-refractivity contribution in [1.29, 1.82) is 0 Å². The van der Waals surface area contributed by atoms with Crippen LogP contribution in [0.2, 0.25) is 0 Å². The summed E-state index contributed by atoms with van der Waals surface area (Å²) < 4.78 is 0. The fraction of sp³-hybridized carbons (Fsp3) is 0.900. The topological polar surface area (TPSA) is 60.2 Å². The second kappa shape index (κ2) is 9.20. The van der Waals surface area contributed by atoms with Crippen LogP contribution in [0, 0.1) is 11.8 Å². The Balaban J connectivity index is 0. The smallest absolute Gasteiger partial charge is 0.328 e. The van der Waals surface area contributed by atoms with Crippen molar-refractivity contribution in [2.75, 3.05) is 0 Å². The van der Waals surface area contributed by atoms with E-state index in [2.05, 4.69) is 13.8 Å². The van der Waals surface area contributed by atoms with Gasteiger partial charge in [0.2, 0.25) is 0 Å². The van der Waals surface area contributed by atoms with Gasteiger partial charge in [-0.1, -0.05) is 19.8 Å². The summed E-state index contributed by atoms with van der Waals surface area (Å²) in [5, 5.41) is 0. The van der Waals surface area contributed by atoms with Crippen LogP contribution < -0.4 is 5.73 Å². The van der Waals surface area contributed by atoms with Crippen LogP contribution in [0.5, 0.6) is 0 Å². The quantitative estimate of drug-likeness (QED) is 0.737. The van der Waals surface area contributed by atoms with Gasteiger partial charge >= 0.3 is 6.15 Å². The average Bonchev–Trinajstić information content (AvgIpc) is 2.06. The van der Waals surface area contributed by atoms with Crippen LogP contribution in [-0.2, 0) is 9.59 Å². The van der Waals surface area contributed by atoms with E-state index in [0.29, 0.717) is 6.04 Å². The van der Waals surface area contributed by atoms with Gasteiger partial charge in [0, 0.05) is 6.04 Å². The molecule has 0 bridgehead atoms. The van der Waals surface area contributed by atoms with E-state index in [1.165, 1.54) is 25.7 Å². The molecule has 2 N–H and O–H groups in total. The van der Waals surface area contributed by atoms with Crippen molar-refractivity contribution in [3.63, 3.8) is 0 Å². The van der Waals surface area contributed by atoms with E-state index in [4.69, 9.17) is 15.3 Å². The third-order valence-corrected chi connectivity index (χ3v) is 2.80. The summed E-state index contributed by atoms with van der Waals surface area (Å²) in [4.78, 5) is 16.2. The third-order valence-electron chi connectivity index (χ3n) is 2.80. The van der Waals surface area contributed by atoms with Crippen LogP contribution in [-0.4, -0.2) is 12.2 Å². The van der Waals surface area contributed by atoms with Crippen LogP contribution in [0.1, 0.15) is 39.5 Å². The number of nitrogens with two attached hydrogens (primary N) is 1. The number of hydrogen-bond acceptors (Lipinski definition) is 3. The van der Waals surface area contributed by atoms with E-state index in [1.807, 2.05) is 0 Å². The van der Waals surface area contributed by atoms with Gasteiger partial charge in [-0.2, -0.15) is 9.59 Å². The first-order valence-electron chi connectivity index (χ1n) is 4.86. The van der Waals surface area contributed by atoms with Gasteiger partial charge in [0.05, 0.1) is 0 Å². The van der Waals surface area contributed by atoms with Crippen molar-refractivity contribution in [1.82, 2.24) is 0 Å². The molecule has 0 amide bonds. The minimum Gasteiger partial charge on any atom is -0.328 e. The molecule has 1 saturated carbocycles. The minimum absolute atomic E-state index is 0. The second-order valence-electron chi connectivity index (χ2n) is 3.96. The lowest BCUT2D eigenvalue weighted by molar-refractivity contribution is -0.191. The molecule has 0 spiro atoms. The van der Waals surface area contributed by atoms with Crippen LogP contribution in [0.15, 0.2) is 0 Å². The molecule has 0 aromatic carbocycles. The Bertz CT molecular complexity index is 160. The summed E-state index contributed by atoms with van der Waals surface area (Å²) in [6, 6.07) is 0.424. The highest BCUT2D eigenvalue weighted by Crippen LogP contribution is 2.29. The van der Waals surface area contributed by atoms with Crippen LogP contribution in [0.3, 0.4) is 0 Å². The van der Waals surface area contributed by atoms with Crippen molar-refractivity contribution in [3.05, 3.63) is 0 Å². The molecule has 4 heteroatoms. The van der Waals surface area contributed by atoms with Gasteiger partial charge in [-0.25, -0.2) is 0 Å². The van der Waals surface area contributed by atoms with Gasteiger partial charge in [-0.15, -0.1) is 12.4 Å². The van der Waals surface area contributed by atoms with Gasteiger partial charge in [0.25, 0.3) is 0 Å². The van der Waals surface area contributed by atoms with Gasteiger partial charge < -0.3 is 5.73 Å². The Morgan fingerprint density at radius 3 is 1.86 bits per heavy atom. The number of hydrogen-bond donors (Lipinski definition) is 1. The lowest BCUT2D eigenvalue weighted by atomic mass is 9.80. The summed E-state index contributed by atoms with van der Waals surface area (Å²) in [7, 11) is 0. The highest BCUT2D eigenvalue weighted by atomic mass is 35.5. The summed E-state index contributed by atoms with van der Waals surface area (Å²) >= 11 is 0. The van der Waals surface area contributed by atoms with Crippen molar-refractivity contribution < 1.29 is 9.59 Å². The molecule has 84 valence electrons. The van der Waals surface area contributed by atoms with Crippen molar-refractivity contribution in [2.45, 2.75) is 45.6 Å². The zero-order chi connectivity index (χ0) is 10.3. The Hall–Kier alpha value is -0.370. The van der Waals surface area contributed by atoms with Crippen LogP contribution in [0.4, 0.5) is 0 Å².